The average Bonchev–Trinajstić information content (AvgIpc) is 2.40. The van der Waals surface area contributed by atoms with Gasteiger partial charge in [0.25, 0.3) is 5.91 Å². The Balaban J connectivity index is 2.39. The van der Waals surface area contributed by atoms with Gasteiger partial charge in [-0.05, 0) is 31.2 Å². The molecule has 6 heteroatoms. The molecule has 0 atom stereocenters. The molecule has 0 aliphatic carbocycles. The number of halogens is 1. The van der Waals surface area contributed by atoms with E-state index in [1.807, 2.05) is 0 Å². The molecule has 3 N–H and O–H groups in total. The summed E-state index contributed by atoms with van der Waals surface area (Å²) < 4.78 is 13.6. The lowest BCUT2D eigenvalue weighted by atomic mass is 10.1. The highest BCUT2D eigenvalue weighted by atomic mass is 19.1. The lowest BCUT2D eigenvalue weighted by molar-refractivity contribution is 0.0698. The van der Waals surface area contributed by atoms with Crippen molar-refractivity contribution in [1.82, 2.24) is 0 Å². The number of anilines is 1. The molecule has 0 spiro atoms. The van der Waals surface area contributed by atoms with Crippen LogP contribution in [0.3, 0.4) is 0 Å². The number of carboxylic acids is 1. The predicted molar refractivity (Wildman–Crippen MR) is 74.2 cm³/mol. The van der Waals surface area contributed by atoms with Crippen molar-refractivity contribution in [3.63, 3.8) is 0 Å². The van der Waals surface area contributed by atoms with E-state index in [0.717, 1.165) is 6.07 Å². The minimum Gasteiger partial charge on any atom is -0.507 e. The molecule has 0 radical (unpaired) electrons. The number of aryl methyl sites for hydroxylation is 1. The number of carbonyl (C=O) groups excluding carboxylic acids is 1. The second kappa shape index (κ2) is 5.62. The van der Waals surface area contributed by atoms with E-state index in [9.17, 15) is 19.1 Å². The molecule has 0 aliphatic heterocycles. The van der Waals surface area contributed by atoms with Gasteiger partial charge in [-0.25, -0.2) is 9.18 Å². The number of aromatic carboxylic acids is 1. The average molecular weight is 289 g/mol. The highest BCUT2D eigenvalue weighted by Crippen LogP contribution is 2.23. The van der Waals surface area contributed by atoms with E-state index < -0.39 is 29.0 Å². The third kappa shape index (κ3) is 3.00. The number of hydrogen-bond donors (Lipinski definition) is 3. The number of amides is 1. The Bertz CT molecular complexity index is 707. The molecule has 5 nitrogen and oxygen atoms in total. The van der Waals surface area contributed by atoms with Crippen molar-refractivity contribution in [3.05, 3.63) is 58.9 Å². The second-order valence-corrected chi connectivity index (χ2v) is 4.44. The number of rotatable bonds is 3. The van der Waals surface area contributed by atoms with E-state index in [0.29, 0.717) is 5.56 Å². The highest BCUT2D eigenvalue weighted by Gasteiger charge is 2.19. The molecule has 2 aromatic carbocycles. The molecule has 108 valence electrons. The van der Waals surface area contributed by atoms with E-state index >= 15 is 0 Å². The minimum absolute atomic E-state index is 0.0285. The molecule has 0 aliphatic rings. The van der Waals surface area contributed by atoms with Crippen molar-refractivity contribution in [2.75, 3.05) is 5.32 Å². The summed E-state index contributed by atoms with van der Waals surface area (Å²) in [4.78, 5) is 23.2. The topological polar surface area (TPSA) is 86.6 Å². The first-order chi connectivity index (χ1) is 9.90. The smallest absolute Gasteiger partial charge is 0.337 e. The number of aromatic hydroxyl groups is 1. The van der Waals surface area contributed by atoms with Gasteiger partial charge in [-0.15, -0.1) is 0 Å². The Hall–Kier alpha value is -2.89. The lowest BCUT2D eigenvalue weighted by Crippen LogP contribution is -2.16. The van der Waals surface area contributed by atoms with Gasteiger partial charge in [0.2, 0.25) is 0 Å². The van der Waals surface area contributed by atoms with Gasteiger partial charge in [-0.1, -0.05) is 17.7 Å². The quantitative estimate of drug-likeness (QED) is 0.811. The van der Waals surface area contributed by atoms with Crippen molar-refractivity contribution in [2.45, 2.75) is 6.92 Å². The van der Waals surface area contributed by atoms with Gasteiger partial charge in [0.1, 0.15) is 17.1 Å². The Morgan fingerprint density at radius 1 is 1.19 bits per heavy atom. The highest BCUT2D eigenvalue weighted by molar-refractivity contribution is 6.09. The first kappa shape index (κ1) is 14.5. The molecule has 2 rings (SSSR count). The number of hydrogen-bond acceptors (Lipinski definition) is 3. The fourth-order valence-corrected chi connectivity index (χ4v) is 1.87. The van der Waals surface area contributed by atoms with Gasteiger partial charge in [0.05, 0.1) is 11.3 Å². The van der Waals surface area contributed by atoms with Crippen molar-refractivity contribution in [2.24, 2.45) is 0 Å². The van der Waals surface area contributed by atoms with Crippen LogP contribution in [0.1, 0.15) is 26.3 Å². The van der Waals surface area contributed by atoms with E-state index in [2.05, 4.69) is 5.32 Å². The van der Waals surface area contributed by atoms with E-state index in [4.69, 9.17) is 5.11 Å². The molecule has 0 saturated heterocycles. The Morgan fingerprint density at radius 3 is 2.52 bits per heavy atom. The maximum atomic E-state index is 13.6. The van der Waals surface area contributed by atoms with Crippen LogP contribution in [0, 0.1) is 12.7 Å². The first-order valence-corrected chi connectivity index (χ1v) is 6.03. The van der Waals surface area contributed by atoms with Gasteiger partial charge < -0.3 is 15.5 Å². The molecule has 0 bridgehead atoms. The standard InChI is InChI=1S/C15H12FNO4/c1-8-5-6-11(9(7-8)15(20)21)17-14(19)13-10(16)3-2-4-12(13)18/h2-7,18H,1H3,(H,17,19)(H,20,21). The minimum atomic E-state index is -1.22. The zero-order valence-electron chi connectivity index (χ0n) is 11.1. The van der Waals surface area contributed by atoms with Crippen molar-refractivity contribution < 1.29 is 24.2 Å². The third-order valence-corrected chi connectivity index (χ3v) is 2.87. The number of phenols is 1. The number of phenolic OH excluding ortho intramolecular Hbond substituents is 1. The lowest BCUT2D eigenvalue weighted by Gasteiger charge is -2.10. The van der Waals surface area contributed by atoms with Crippen LogP contribution in [0.15, 0.2) is 36.4 Å². The predicted octanol–water partition coefficient (Wildman–Crippen LogP) is 2.79. The van der Waals surface area contributed by atoms with Crippen LogP contribution in [0.25, 0.3) is 0 Å². The molecular weight excluding hydrogens is 277 g/mol. The summed E-state index contributed by atoms with van der Waals surface area (Å²) in [6.07, 6.45) is 0. The number of benzene rings is 2. The van der Waals surface area contributed by atoms with E-state index in [-0.39, 0.29) is 11.3 Å². The van der Waals surface area contributed by atoms with Gasteiger partial charge in [0, 0.05) is 0 Å². The summed E-state index contributed by atoms with van der Waals surface area (Å²) in [6, 6.07) is 7.88. The van der Waals surface area contributed by atoms with Crippen LogP contribution >= 0.6 is 0 Å². The van der Waals surface area contributed by atoms with Crippen molar-refractivity contribution in [1.29, 1.82) is 0 Å². The Kier molecular flexibility index (Phi) is 3.89. The summed E-state index contributed by atoms with van der Waals surface area (Å²) >= 11 is 0. The van der Waals surface area contributed by atoms with Crippen LogP contribution in [0.2, 0.25) is 0 Å². The molecule has 2 aromatic rings. The summed E-state index contributed by atoms with van der Waals surface area (Å²) in [7, 11) is 0. The number of carboxylic acid groups (broad SMARTS) is 1. The van der Waals surface area contributed by atoms with Crippen LogP contribution < -0.4 is 5.32 Å². The normalized spacial score (nSPS) is 10.2. The molecule has 0 heterocycles. The molecule has 1 amide bonds. The number of carbonyl (C=O) groups is 2. The van der Waals surface area contributed by atoms with Crippen LogP contribution in [0.5, 0.6) is 5.75 Å². The SMILES string of the molecule is Cc1ccc(NC(=O)c2c(O)cccc2F)c(C(=O)O)c1. The summed E-state index contributed by atoms with van der Waals surface area (Å²) in [5.41, 5.74) is 0.0912. The summed E-state index contributed by atoms with van der Waals surface area (Å²) in [5.74, 6) is -3.54. The monoisotopic (exact) mass is 289 g/mol. The summed E-state index contributed by atoms with van der Waals surface area (Å²) in [5, 5.41) is 21.0. The van der Waals surface area contributed by atoms with Crippen molar-refractivity contribution in [3.8, 4) is 5.75 Å². The Morgan fingerprint density at radius 2 is 1.90 bits per heavy atom. The van der Waals surface area contributed by atoms with Gasteiger partial charge in [0.15, 0.2) is 0 Å². The zero-order valence-corrected chi connectivity index (χ0v) is 11.1. The third-order valence-electron chi connectivity index (χ3n) is 2.87. The zero-order chi connectivity index (χ0) is 15.6. The molecular formula is C15H12FNO4. The molecule has 0 aromatic heterocycles. The van der Waals surface area contributed by atoms with Gasteiger partial charge >= 0.3 is 5.97 Å². The number of nitrogens with one attached hydrogen (secondary N) is 1. The van der Waals surface area contributed by atoms with Crippen LogP contribution in [-0.4, -0.2) is 22.1 Å². The molecule has 0 unspecified atom stereocenters. The maximum Gasteiger partial charge on any atom is 0.337 e. The maximum absolute atomic E-state index is 13.6. The van der Waals surface area contributed by atoms with Crippen molar-refractivity contribution >= 4 is 17.6 Å². The largest absolute Gasteiger partial charge is 0.507 e. The molecule has 0 saturated carbocycles. The Labute approximate surface area is 119 Å². The van der Waals surface area contributed by atoms with Crippen LogP contribution in [-0.2, 0) is 0 Å². The first-order valence-electron chi connectivity index (χ1n) is 6.03. The molecule has 21 heavy (non-hydrogen) atoms. The second-order valence-electron chi connectivity index (χ2n) is 4.44. The fourth-order valence-electron chi connectivity index (χ4n) is 1.87. The van der Waals surface area contributed by atoms with Gasteiger partial charge in [-0.3, -0.25) is 4.79 Å². The fraction of sp³-hybridized carbons (Fsp3) is 0.0667. The van der Waals surface area contributed by atoms with E-state index in [1.54, 1.807) is 13.0 Å². The molecule has 0 fully saturated rings. The van der Waals surface area contributed by atoms with Gasteiger partial charge in [-0.2, -0.15) is 0 Å². The summed E-state index contributed by atoms with van der Waals surface area (Å²) in [6.45, 7) is 1.71. The van der Waals surface area contributed by atoms with Crippen LogP contribution in [0.4, 0.5) is 10.1 Å². The van der Waals surface area contributed by atoms with E-state index in [1.165, 1.54) is 24.3 Å².